The van der Waals surface area contributed by atoms with E-state index in [0.29, 0.717) is 63.8 Å². The fourth-order valence-electron chi connectivity index (χ4n) is 8.04. The molecule has 0 aliphatic heterocycles. The Morgan fingerprint density at radius 3 is 1.00 bits per heavy atom. The number of phenolic OH excluding ortho intramolecular Hbond substituents is 8. The van der Waals surface area contributed by atoms with Crippen molar-refractivity contribution in [2.24, 2.45) is 0 Å². The van der Waals surface area contributed by atoms with Crippen LogP contribution in [0.2, 0.25) is 0 Å². The lowest BCUT2D eigenvalue weighted by Gasteiger charge is -2.20. The number of hydrogen-bond donors (Lipinski definition) is 8. The number of hydrogen-bond acceptors (Lipinski definition) is 8. The third-order valence-corrected chi connectivity index (χ3v) is 11.7. The van der Waals surface area contributed by atoms with E-state index in [1.807, 2.05) is 77.9 Å². The molecule has 8 N–H and O–H groups in total. The van der Waals surface area contributed by atoms with Crippen LogP contribution < -0.4 is 0 Å². The third kappa shape index (κ3) is 7.90. The van der Waals surface area contributed by atoms with Crippen LogP contribution in [0.5, 0.6) is 46.0 Å². The molecule has 8 heteroatoms. The Morgan fingerprint density at radius 1 is 0.298 bits per heavy atom. The Morgan fingerprint density at radius 2 is 0.632 bits per heavy atom. The molecule has 0 amide bonds. The molecular weight excluding hydrogens is 717 g/mol. The zero-order valence-corrected chi connectivity index (χ0v) is 33.9. The Balaban J connectivity index is 1.32. The second-order valence-electron chi connectivity index (χ2n) is 15.8. The van der Waals surface area contributed by atoms with Gasteiger partial charge in [-0.1, -0.05) is 48.5 Å². The van der Waals surface area contributed by atoms with Crippen molar-refractivity contribution in [1.29, 1.82) is 0 Å². The summed E-state index contributed by atoms with van der Waals surface area (Å²) < 4.78 is 0. The Kier molecular flexibility index (Phi) is 11.1. The normalized spacial score (nSPS) is 11.4. The molecule has 0 aliphatic carbocycles. The van der Waals surface area contributed by atoms with Crippen LogP contribution in [-0.2, 0) is 32.1 Å². The van der Waals surface area contributed by atoms with Gasteiger partial charge in [-0.05, 0) is 152 Å². The van der Waals surface area contributed by atoms with E-state index in [1.54, 1.807) is 26.0 Å². The van der Waals surface area contributed by atoms with Crippen molar-refractivity contribution in [3.05, 3.63) is 161 Å². The van der Waals surface area contributed by atoms with Crippen molar-refractivity contribution in [3.63, 3.8) is 0 Å². The van der Waals surface area contributed by atoms with Gasteiger partial charge in [0.05, 0.1) is 0 Å². The van der Waals surface area contributed by atoms with Crippen LogP contribution in [0.25, 0.3) is 0 Å². The molecule has 0 bridgehead atoms. The van der Waals surface area contributed by atoms with E-state index >= 15 is 0 Å². The predicted molar refractivity (Wildman–Crippen MR) is 224 cm³/mol. The molecular formula is C49H52O8. The largest absolute Gasteiger partial charge is 0.508 e. The minimum Gasteiger partial charge on any atom is -0.508 e. The van der Waals surface area contributed by atoms with Crippen molar-refractivity contribution in [1.82, 2.24) is 0 Å². The SMILES string of the molecule is Cc1cc(Cc2c(C)c(Cc3cc(C)c(O)c(Cc4cc(C)c(O)c(Cc5ccc(O)c(C)c5O)c4)c3C)cc(C)c2O)cc(Cc2ccc(O)c(C)c2O)c1O. The van der Waals surface area contributed by atoms with E-state index < -0.39 is 0 Å². The molecule has 0 fully saturated rings. The van der Waals surface area contributed by atoms with Crippen molar-refractivity contribution >= 4 is 0 Å². The fraction of sp³-hybridized carbons (Fsp3) is 0.265. The van der Waals surface area contributed by atoms with E-state index in [-0.39, 0.29) is 58.8 Å². The molecule has 0 heterocycles. The van der Waals surface area contributed by atoms with Crippen LogP contribution in [-0.4, -0.2) is 40.9 Å². The molecule has 0 aliphatic rings. The van der Waals surface area contributed by atoms with Crippen molar-refractivity contribution in [2.75, 3.05) is 0 Å². The summed E-state index contributed by atoms with van der Waals surface area (Å²) in [6.45, 7) is 14.7. The first-order valence-corrected chi connectivity index (χ1v) is 19.1. The van der Waals surface area contributed by atoms with Crippen molar-refractivity contribution in [2.45, 2.75) is 87.5 Å². The maximum atomic E-state index is 11.4. The highest BCUT2D eigenvalue weighted by atomic mass is 16.3. The minimum atomic E-state index is -0.0121. The minimum absolute atomic E-state index is 0.00212. The molecule has 6 rings (SSSR count). The molecule has 6 aromatic carbocycles. The lowest BCUT2D eigenvalue weighted by atomic mass is 9.86. The molecule has 57 heavy (non-hydrogen) atoms. The third-order valence-electron chi connectivity index (χ3n) is 11.7. The summed E-state index contributed by atoms with van der Waals surface area (Å²) in [4.78, 5) is 0. The highest BCUT2D eigenvalue weighted by molar-refractivity contribution is 5.58. The molecule has 296 valence electrons. The van der Waals surface area contributed by atoms with Gasteiger partial charge < -0.3 is 40.9 Å². The first-order chi connectivity index (χ1) is 26.9. The lowest BCUT2D eigenvalue weighted by molar-refractivity contribution is 0.437. The zero-order valence-electron chi connectivity index (χ0n) is 33.9. The summed E-state index contributed by atoms with van der Waals surface area (Å²) in [6, 6.07) is 18.0. The van der Waals surface area contributed by atoms with Crippen molar-refractivity contribution in [3.8, 4) is 46.0 Å². The summed E-state index contributed by atoms with van der Waals surface area (Å²) in [6.07, 6.45) is 1.88. The molecule has 0 atom stereocenters. The van der Waals surface area contributed by atoms with Crippen LogP contribution >= 0.6 is 0 Å². The van der Waals surface area contributed by atoms with E-state index in [2.05, 4.69) is 0 Å². The fourth-order valence-corrected chi connectivity index (χ4v) is 8.04. The van der Waals surface area contributed by atoms with Gasteiger partial charge in [-0.25, -0.2) is 0 Å². The van der Waals surface area contributed by atoms with Crippen LogP contribution in [0, 0.1) is 55.4 Å². The van der Waals surface area contributed by atoms with Crippen LogP contribution in [0.1, 0.15) is 100 Å². The number of benzene rings is 6. The van der Waals surface area contributed by atoms with Gasteiger partial charge in [-0.3, -0.25) is 0 Å². The first-order valence-electron chi connectivity index (χ1n) is 19.1. The second-order valence-corrected chi connectivity index (χ2v) is 15.8. The summed E-state index contributed by atoms with van der Waals surface area (Å²) in [5.74, 6) is 0.671. The van der Waals surface area contributed by atoms with Gasteiger partial charge in [0, 0.05) is 47.9 Å². The number of phenols is 8. The average molecular weight is 769 g/mol. The Bertz CT molecular complexity index is 2390. The van der Waals surface area contributed by atoms with E-state index in [1.165, 1.54) is 12.1 Å². The molecule has 0 aromatic heterocycles. The maximum absolute atomic E-state index is 11.4. The number of rotatable bonds is 10. The summed E-state index contributed by atoms with van der Waals surface area (Å²) >= 11 is 0. The topological polar surface area (TPSA) is 162 Å². The highest BCUT2D eigenvalue weighted by Crippen LogP contribution is 2.39. The van der Waals surface area contributed by atoms with Crippen molar-refractivity contribution < 1.29 is 40.9 Å². The lowest BCUT2D eigenvalue weighted by Crippen LogP contribution is -2.05. The Hall–Kier alpha value is -6.28. The predicted octanol–water partition coefficient (Wildman–Crippen LogP) is 9.75. The van der Waals surface area contributed by atoms with E-state index in [9.17, 15) is 40.9 Å². The molecule has 6 aromatic rings. The zero-order chi connectivity index (χ0) is 41.6. The van der Waals surface area contributed by atoms with E-state index in [0.717, 1.165) is 55.6 Å². The maximum Gasteiger partial charge on any atom is 0.125 e. The van der Waals surface area contributed by atoms with Gasteiger partial charge in [-0.15, -0.1) is 0 Å². The first kappa shape index (κ1) is 40.4. The van der Waals surface area contributed by atoms with Gasteiger partial charge in [-0.2, -0.15) is 0 Å². The molecule has 0 radical (unpaired) electrons. The second kappa shape index (κ2) is 15.7. The van der Waals surface area contributed by atoms with Gasteiger partial charge >= 0.3 is 0 Å². The number of aromatic hydroxyl groups is 8. The highest BCUT2D eigenvalue weighted by Gasteiger charge is 2.21. The number of aryl methyl sites for hydroxylation is 4. The summed E-state index contributed by atoms with van der Waals surface area (Å²) in [5.41, 5.74) is 13.3. The summed E-state index contributed by atoms with van der Waals surface area (Å²) in [5, 5.41) is 86.3. The van der Waals surface area contributed by atoms with Crippen LogP contribution in [0.4, 0.5) is 0 Å². The monoisotopic (exact) mass is 768 g/mol. The van der Waals surface area contributed by atoms with Gasteiger partial charge in [0.2, 0.25) is 0 Å². The molecule has 0 saturated carbocycles. The smallest absolute Gasteiger partial charge is 0.125 e. The molecule has 0 saturated heterocycles. The van der Waals surface area contributed by atoms with Crippen LogP contribution in [0.3, 0.4) is 0 Å². The standard InChI is InChI=1S/C49H52O8/c1-24-13-32(17-38(44(24)52)21-34-9-11-42(50)30(7)48(34)56)19-40-28(5)36(15-26(3)46(40)54)23-37-16-27(4)47(55)41(29(37)6)20-33-14-25(2)45(53)39(18-33)22-35-10-12-43(51)31(8)49(35)57/h9-18,50-57H,19-23H2,1-8H3. The van der Waals surface area contributed by atoms with E-state index in [4.69, 9.17) is 0 Å². The summed E-state index contributed by atoms with van der Waals surface area (Å²) in [7, 11) is 0. The molecule has 8 nitrogen and oxygen atoms in total. The molecule has 0 unspecified atom stereocenters. The quantitative estimate of drug-likeness (QED) is 0.0683. The van der Waals surface area contributed by atoms with Gasteiger partial charge in [0.15, 0.2) is 0 Å². The Labute approximate surface area is 334 Å². The van der Waals surface area contributed by atoms with Crippen LogP contribution in [0.15, 0.2) is 60.7 Å². The van der Waals surface area contributed by atoms with Gasteiger partial charge in [0.25, 0.3) is 0 Å². The average Bonchev–Trinajstić information content (AvgIpc) is 3.17. The molecule has 0 spiro atoms. The van der Waals surface area contributed by atoms with Gasteiger partial charge in [0.1, 0.15) is 46.0 Å².